The van der Waals surface area contributed by atoms with E-state index in [0.29, 0.717) is 5.57 Å². The summed E-state index contributed by atoms with van der Waals surface area (Å²) in [6.45, 7) is 3.52. The quantitative estimate of drug-likeness (QED) is 0.273. The molecule has 0 aliphatic heterocycles. The molecule has 0 aromatic heterocycles. The summed E-state index contributed by atoms with van der Waals surface area (Å²) in [6.07, 6.45) is 4.89. The van der Waals surface area contributed by atoms with Crippen molar-refractivity contribution in [1.29, 1.82) is 0 Å². The lowest BCUT2D eigenvalue weighted by Crippen LogP contribution is -2.25. The van der Waals surface area contributed by atoms with E-state index >= 15 is 0 Å². The maximum absolute atomic E-state index is 10.4. The van der Waals surface area contributed by atoms with Crippen LogP contribution in [0.1, 0.15) is 13.8 Å². The van der Waals surface area contributed by atoms with E-state index in [-0.39, 0.29) is 4.92 Å². The SMILES string of the molecule is CC1=CC(C)(Cl)C=CC1[N+](=O)[O-]. The Morgan fingerprint density at radius 1 is 1.75 bits per heavy atom. The van der Waals surface area contributed by atoms with Crippen LogP contribution in [0.25, 0.3) is 0 Å². The number of allylic oxidation sites excluding steroid dienone is 2. The van der Waals surface area contributed by atoms with E-state index in [2.05, 4.69) is 0 Å². The molecule has 12 heavy (non-hydrogen) atoms. The fraction of sp³-hybridized carbons (Fsp3) is 0.500. The Morgan fingerprint density at radius 2 is 2.33 bits per heavy atom. The van der Waals surface area contributed by atoms with Crippen LogP contribution in [-0.2, 0) is 0 Å². The molecule has 3 nitrogen and oxygen atoms in total. The average Bonchev–Trinajstić information content (AvgIpc) is 1.83. The van der Waals surface area contributed by atoms with Crippen LogP contribution in [-0.4, -0.2) is 15.8 Å². The first-order valence-corrected chi connectivity index (χ1v) is 4.01. The summed E-state index contributed by atoms with van der Waals surface area (Å²) in [4.78, 5) is 9.56. The summed E-state index contributed by atoms with van der Waals surface area (Å²) >= 11 is 5.95. The first kappa shape index (κ1) is 9.26. The molecule has 0 spiro atoms. The van der Waals surface area contributed by atoms with Gasteiger partial charge in [-0.2, -0.15) is 0 Å². The van der Waals surface area contributed by atoms with Gasteiger partial charge >= 0.3 is 0 Å². The third kappa shape index (κ3) is 1.85. The van der Waals surface area contributed by atoms with Crippen molar-refractivity contribution < 1.29 is 4.92 Å². The summed E-state index contributed by atoms with van der Waals surface area (Å²) in [7, 11) is 0. The van der Waals surface area contributed by atoms with Gasteiger partial charge in [-0.3, -0.25) is 10.1 Å². The minimum absolute atomic E-state index is 0.325. The highest BCUT2D eigenvalue weighted by molar-refractivity contribution is 6.26. The van der Waals surface area contributed by atoms with Crippen molar-refractivity contribution in [2.45, 2.75) is 24.8 Å². The molecular weight excluding hydrogens is 178 g/mol. The highest BCUT2D eigenvalue weighted by atomic mass is 35.5. The predicted octanol–water partition coefficient (Wildman–Crippen LogP) is 2.15. The van der Waals surface area contributed by atoms with Crippen LogP contribution >= 0.6 is 11.6 Å². The van der Waals surface area contributed by atoms with Gasteiger partial charge < -0.3 is 0 Å². The van der Waals surface area contributed by atoms with E-state index in [1.54, 1.807) is 26.0 Å². The fourth-order valence-corrected chi connectivity index (χ4v) is 1.49. The molecular formula is C8H10ClNO2. The molecule has 1 aliphatic rings. The van der Waals surface area contributed by atoms with Gasteiger partial charge in [0.05, 0.1) is 4.87 Å². The standard InChI is InChI=1S/C8H10ClNO2/c1-6-5-8(2,9)4-3-7(6)10(11)12/h3-5,7H,1-2H3. The monoisotopic (exact) mass is 187 g/mol. The van der Waals surface area contributed by atoms with Crippen LogP contribution in [0.2, 0.25) is 0 Å². The lowest BCUT2D eigenvalue weighted by Gasteiger charge is -2.19. The number of rotatable bonds is 1. The molecule has 0 saturated heterocycles. The molecule has 0 amide bonds. The second-order valence-corrected chi connectivity index (χ2v) is 3.94. The normalized spacial score (nSPS) is 34.6. The highest BCUT2D eigenvalue weighted by Crippen LogP contribution is 2.26. The molecule has 2 atom stereocenters. The molecule has 4 heteroatoms. The molecule has 0 aromatic carbocycles. The van der Waals surface area contributed by atoms with Crippen molar-refractivity contribution in [1.82, 2.24) is 0 Å². The van der Waals surface area contributed by atoms with Crippen LogP contribution in [0, 0.1) is 10.1 Å². The van der Waals surface area contributed by atoms with Crippen LogP contribution in [0.15, 0.2) is 23.8 Å². The predicted molar refractivity (Wildman–Crippen MR) is 47.9 cm³/mol. The molecule has 0 fully saturated rings. The molecule has 0 radical (unpaired) electrons. The minimum Gasteiger partial charge on any atom is -0.264 e. The van der Waals surface area contributed by atoms with E-state index in [4.69, 9.17) is 11.6 Å². The van der Waals surface area contributed by atoms with Gasteiger partial charge in [0.15, 0.2) is 0 Å². The Kier molecular flexibility index (Phi) is 2.24. The maximum atomic E-state index is 10.4. The molecule has 1 rings (SSSR count). The first-order valence-electron chi connectivity index (χ1n) is 3.63. The molecule has 2 unspecified atom stereocenters. The van der Waals surface area contributed by atoms with E-state index in [1.165, 1.54) is 6.08 Å². The fourth-order valence-electron chi connectivity index (χ4n) is 1.25. The Bertz CT molecular complexity index is 268. The number of alkyl halides is 1. The molecule has 1 aliphatic carbocycles. The Labute approximate surface area is 75.9 Å². The molecule has 0 aromatic rings. The van der Waals surface area contributed by atoms with Crippen molar-refractivity contribution in [2.24, 2.45) is 0 Å². The zero-order chi connectivity index (χ0) is 9.35. The van der Waals surface area contributed by atoms with Crippen molar-refractivity contribution in [3.05, 3.63) is 33.9 Å². The zero-order valence-corrected chi connectivity index (χ0v) is 7.71. The second-order valence-electron chi connectivity index (χ2n) is 3.13. The third-order valence-corrected chi connectivity index (χ3v) is 2.04. The molecule has 0 N–H and O–H groups in total. The summed E-state index contributed by atoms with van der Waals surface area (Å²) in [5.41, 5.74) is 0.694. The molecule has 0 bridgehead atoms. The Hall–Kier alpha value is -0.830. The first-order chi connectivity index (χ1) is 5.42. The van der Waals surface area contributed by atoms with Gasteiger partial charge in [-0.1, -0.05) is 12.2 Å². The van der Waals surface area contributed by atoms with Crippen molar-refractivity contribution >= 4 is 11.6 Å². The van der Waals surface area contributed by atoms with E-state index < -0.39 is 10.9 Å². The van der Waals surface area contributed by atoms with Gasteiger partial charge in [-0.05, 0) is 19.9 Å². The van der Waals surface area contributed by atoms with Crippen LogP contribution in [0.3, 0.4) is 0 Å². The molecule has 0 heterocycles. The van der Waals surface area contributed by atoms with E-state index in [9.17, 15) is 10.1 Å². The number of hydrogen-bond donors (Lipinski definition) is 0. The number of halogens is 1. The van der Waals surface area contributed by atoms with Crippen molar-refractivity contribution in [2.75, 3.05) is 0 Å². The molecule has 66 valence electrons. The van der Waals surface area contributed by atoms with Gasteiger partial charge in [-0.25, -0.2) is 0 Å². The summed E-state index contributed by atoms with van der Waals surface area (Å²) in [5, 5.41) is 10.4. The second kappa shape index (κ2) is 2.90. The van der Waals surface area contributed by atoms with Crippen molar-refractivity contribution in [3.63, 3.8) is 0 Å². The maximum Gasteiger partial charge on any atom is 0.252 e. The third-order valence-electron chi connectivity index (χ3n) is 1.81. The van der Waals surface area contributed by atoms with Gasteiger partial charge in [0, 0.05) is 10.5 Å². The summed E-state index contributed by atoms with van der Waals surface area (Å²) < 4.78 is 0. The smallest absolute Gasteiger partial charge is 0.252 e. The number of nitrogens with zero attached hydrogens (tertiary/aromatic N) is 1. The Balaban J connectivity index is 2.91. The van der Waals surface area contributed by atoms with Crippen molar-refractivity contribution in [3.8, 4) is 0 Å². The van der Waals surface area contributed by atoms with Gasteiger partial charge in [0.25, 0.3) is 6.04 Å². The van der Waals surface area contributed by atoms with Crippen LogP contribution in [0.4, 0.5) is 0 Å². The van der Waals surface area contributed by atoms with E-state index in [0.717, 1.165) is 0 Å². The highest BCUT2D eigenvalue weighted by Gasteiger charge is 2.27. The number of hydrogen-bond acceptors (Lipinski definition) is 2. The van der Waals surface area contributed by atoms with Crippen LogP contribution in [0.5, 0.6) is 0 Å². The number of nitro groups is 1. The topological polar surface area (TPSA) is 43.1 Å². The van der Waals surface area contributed by atoms with Gasteiger partial charge in [0.1, 0.15) is 0 Å². The summed E-state index contributed by atoms with van der Waals surface area (Å²) in [6, 6.07) is -0.697. The lowest BCUT2D eigenvalue weighted by molar-refractivity contribution is -0.499. The molecule has 0 saturated carbocycles. The largest absolute Gasteiger partial charge is 0.264 e. The van der Waals surface area contributed by atoms with Gasteiger partial charge in [0.2, 0.25) is 0 Å². The summed E-state index contributed by atoms with van der Waals surface area (Å²) in [5.74, 6) is 0. The Morgan fingerprint density at radius 3 is 2.75 bits per heavy atom. The average molecular weight is 188 g/mol. The van der Waals surface area contributed by atoms with Crippen LogP contribution < -0.4 is 0 Å². The van der Waals surface area contributed by atoms with E-state index in [1.807, 2.05) is 0 Å². The van der Waals surface area contributed by atoms with Gasteiger partial charge in [-0.15, -0.1) is 11.6 Å². The lowest BCUT2D eigenvalue weighted by atomic mass is 9.95. The minimum atomic E-state index is -0.697. The zero-order valence-electron chi connectivity index (χ0n) is 6.95.